The number of hydrogen-bond acceptors (Lipinski definition) is 1. The monoisotopic (exact) mass is 232 g/mol. The average molecular weight is 233 g/mol. The Balaban J connectivity index is 2.64. The molecule has 1 rings (SSSR count). The van der Waals surface area contributed by atoms with Gasteiger partial charge in [0.25, 0.3) is 0 Å². The highest BCUT2D eigenvalue weighted by Gasteiger charge is 2.28. The molecule has 0 amide bonds. The third kappa shape index (κ3) is 2.60. The van der Waals surface area contributed by atoms with Crippen molar-refractivity contribution in [3.8, 4) is 0 Å². The van der Waals surface area contributed by atoms with E-state index in [1.54, 1.807) is 0 Å². The molecule has 2 heteroatoms. The number of hydrogen-bond donors (Lipinski definition) is 0. The molecule has 12 heavy (non-hydrogen) atoms. The Hall–Kier alpha value is 0.180. The summed E-state index contributed by atoms with van der Waals surface area (Å²) in [5, 5.41) is 0. The highest BCUT2D eigenvalue weighted by Crippen LogP contribution is 2.28. The van der Waals surface area contributed by atoms with Gasteiger partial charge in [-0.25, -0.2) is 0 Å². The lowest BCUT2D eigenvalue weighted by atomic mass is 9.97. The molecule has 70 valence electrons. The molecule has 0 saturated carbocycles. The smallest absolute Gasteiger partial charge is 0.0755 e. The molecule has 1 nitrogen and oxygen atoms in total. The van der Waals surface area contributed by atoms with Crippen molar-refractivity contribution in [2.75, 3.05) is 6.61 Å². The molecule has 1 unspecified atom stereocenters. The summed E-state index contributed by atoms with van der Waals surface area (Å²) in [5.41, 5.74) is 1.41. The van der Waals surface area contributed by atoms with Crippen molar-refractivity contribution in [3.05, 3.63) is 11.6 Å². The predicted octanol–water partition coefficient (Wildman–Crippen LogP) is 3.29. The minimum atomic E-state index is -0.0306. The van der Waals surface area contributed by atoms with Gasteiger partial charge in [0, 0.05) is 4.83 Å². The van der Waals surface area contributed by atoms with Crippen LogP contribution in [-0.4, -0.2) is 17.0 Å². The highest BCUT2D eigenvalue weighted by atomic mass is 79.9. The Morgan fingerprint density at radius 3 is 2.92 bits per heavy atom. The lowest BCUT2D eigenvalue weighted by Crippen LogP contribution is -2.36. The molecule has 1 aliphatic heterocycles. The molecule has 1 atom stereocenters. The largest absolute Gasteiger partial charge is 0.370 e. The van der Waals surface area contributed by atoms with Crippen molar-refractivity contribution in [3.63, 3.8) is 0 Å². The Bertz CT molecular complexity index is 184. The van der Waals surface area contributed by atoms with Crippen molar-refractivity contribution in [1.82, 2.24) is 0 Å². The maximum atomic E-state index is 5.73. The molecule has 0 bridgehead atoms. The fourth-order valence-corrected chi connectivity index (χ4v) is 1.65. The van der Waals surface area contributed by atoms with E-state index >= 15 is 0 Å². The first-order valence-electron chi connectivity index (χ1n) is 4.46. The molecular formula is C10H17BrO. The number of alkyl halides is 1. The topological polar surface area (TPSA) is 9.23 Å². The zero-order valence-electron chi connectivity index (χ0n) is 8.06. The number of allylic oxidation sites excluding steroid dienone is 1. The average Bonchev–Trinajstić information content (AvgIpc) is 1.98. The van der Waals surface area contributed by atoms with Gasteiger partial charge in [-0.1, -0.05) is 27.6 Å². The van der Waals surface area contributed by atoms with Gasteiger partial charge in [-0.15, -0.1) is 0 Å². The fraction of sp³-hybridized carbons (Fsp3) is 0.800. The molecule has 1 aliphatic rings. The van der Waals surface area contributed by atoms with Crippen LogP contribution in [0.1, 0.15) is 33.6 Å². The van der Waals surface area contributed by atoms with Gasteiger partial charge in [0.1, 0.15) is 0 Å². The van der Waals surface area contributed by atoms with Gasteiger partial charge in [0.15, 0.2) is 0 Å². The van der Waals surface area contributed by atoms with Crippen molar-refractivity contribution >= 4 is 15.9 Å². The van der Waals surface area contributed by atoms with Gasteiger partial charge in [-0.3, -0.25) is 0 Å². The lowest BCUT2D eigenvalue weighted by molar-refractivity contribution is -0.00434. The summed E-state index contributed by atoms with van der Waals surface area (Å²) in [7, 11) is 0. The van der Waals surface area contributed by atoms with E-state index in [0.717, 1.165) is 13.0 Å². The maximum absolute atomic E-state index is 5.73. The Morgan fingerprint density at radius 1 is 1.58 bits per heavy atom. The van der Waals surface area contributed by atoms with E-state index in [4.69, 9.17) is 4.74 Å². The van der Waals surface area contributed by atoms with E-state index in [1.165, 1.54) is 12.0 Å². The van der Waals surface area contributed by atoms with E-state index in [9.17, 15) is 0 Å². The van der Waals surface area contributed by atoms with Crippen LogP contribution in [0.2, 0.25) is 0 Å². The number of halogens is 1. The molecule has 0 aromatic heterocycles. The minimum Gasteiger partial charge on any atom is -0.370 e. The summed E-state index contributed by atoms with van der Waals surface area (Å²) in [5.74, 6) is 0. The molecule has 0 aliphatic carbocycles. The normalized spacial score (nSPS) is 34.7. The van der Waals surface area contributed by atoms with Crippen LogP contribution in [0.5, 0.6) is 0 Å². The van der Waals surface area contributed by atoms with Crippen LogP contribution >= 0.6 is 15.9 Å². The van der Waals surface area contributed by atoms with Gasteiger partial charge in [0.05, 0.1) is 12.2 Å². The second kappa shape index (κ2) is 3.93. The standard InChI is InChI=1S/C10H17BrO/c1-8-4-5-9(11)10(2,3)12-7-6-8/h6,9H,4-5,7H2,1-3H3/b8-6-. The molecule has 0 aromatic rings. The van der Waals surface area contributed by atoms with Crippen molar-refractivity contribution in [2.45, 2.75) is 44.0 Å². The van der Waals surface area contributed by atoms with E-state index in [1.807, 2.05) is 0 Å². The molecular weight excluding hydrogens is 216 g/mol. The van der Waals surface area contributed by atoms with Gasteiger partial charge in [-0.2, -0.15) is 0 Å². The molecule has 1 heterocycles. The van der Waals surface area contributed by atoms with E-state index in [2.05, 4.69) is 42.8 Å². The third-order valence-electron chi connectivity index (χ3n) is 2.43. The summed E-state index contributed by atoms with van der Waals surface area (Å²) in [6.07, 6.45) is 4.53. The fourth-order valence-electron chi connectivity index (χ4n) is 1.29. The number of ether oxygens (including phenoxy) is 1. The summed E-state index contributed by atoms with van der Waals surface area (Å²) in [4.78, 5) is 0.466. The first-order valence-corrected chi connectivity index (χ1v) is 5.37. The molecule has 0 fully saturated rings. The van der Waals surface area contributed by atoms with E-state index in [-0.39, 0.29) is 5.60 Å². The SMILES string of the molecule is C/C1=C/COC(C)(C)C(Br)CC1. The van der Waals surface area contributed by atoms with Gasteiger partial charge < -0.3 is 4.74 Å². The Kier molecular flexibility index (Phi) is 3.36. The second-order valence-electron chi connectivity index (χ2n) is 3.97. The summed E-state index contributed by atoms with van der Waals surface area (Å²) in [6.45, 7) is 7.20. The first kappa shape index (κ1) is 10.3. The van der Waals surface area contributed by atoms with E-state index < -0.39 is 0 Å². The van der Waals surface area contributed by atoms with Gasteiger partial charge in [0.2, 0.25) is 0 Å². The molecule has 0 spiro atoms. The molecule has 0 radical (unpaired) electrons. The maximum Gasteiger partial charge on any atom is 0.0755 e. The molecule has 0 aromatic carbocycles. The Labute approximate surface area is 83.3 Å². The summed E-state index contributed by atoms with van der Waals surface area (Å²) in [6, 6.07) is 0. The highest BCUT2D eigenvalue weighted by molar-refractivity contribution is 9.09. The van der Waals surface area contributed by atoms with Crippen LogP contribution in [0.25, 0.3) is 0 Å². The summed E-state index contributed by atoms with van der Waals surface area (Å²) >= 11 is 3.67. The van der Waals surface area contributed by atoms with Crippen molar-refractivity contribution in [2.24, 2.45) is 0 Å². The zero-order valence-corrected chi connectivity index (χ0v) is 9.65. The Morgan fingerprint density at radius 2 is 2.25 bits per heavy atom. The summed E-state index contributed by atoms with van der Waals surface area (Å²) < 4.78 is 5.73. The zero-order chi connectivity index (χ0) is 9.19. The third-order valence-corrected chi connectivity index (χ3v) is 3.99. The quantitative estimate of drug-likeness (QED) is 0.460. The number of rotatable bonds is 0. The lowest BCUT2D eigenvalue weighted by Gasteiger charge is -2.32. The van der Waals surface area contributed by atoms with Crippen molar-refractivity contribution < 1.29 is 4.74 Å². The second-order valence-corrected chi connectivity index (χ2v) is 5.08. The minimum absolute atomic E-state index is 0.0306. The first-order chi connectivity index (χ1) is 5.52. The van der Waals surface area contributed by atoms with Crippen LogP contribution in [0.15, 0.2) is 11.6 Å². The molecule has 0 N–H and O–H groups in total. The van der Waals surface area contributed by atoms with Crippen LogP contribution < -0.4 is 0 Å². The van der Waals surface area contributed by atoms with Crippen LogP contribution in [0.4, 0.5) is 0 Å². The van der Waals surface area contributed by atoms with Crippen LogP contribution in [0.3, 0.4) is 0 Å². The molecule has 0 saturated heterocycles. The van der Waals surface area contributed by atoms with Gasteiger partial charge in [-0.05, 0) is 33.6 Å². The van der Waals surface area contributed by atoms with Gasteiger partial charge >= 0.3 is 0 Å². The van der Waals surface area contributed by atoms with Crippen LogP contribution in [-0.2, 0) is 4.74 Å². The predicted molar refractivity (Wildman–Crippen MR) is 55.7 cm³/mol. The van der Waals surface area contributed by atoms with Crippen LogP contribution in [0, 0.1) is 0 Å². The van der Waals surface area contributed by atoms with Crippen molar-refractivity contribution in [1.29, 1.82) is 0 Å². The van der Waals surface area contributed by atoms with E-state index in [0.29, 0.717) is 4.83 Å².